The number of hydrogen-bond acceptors (Lipinski definition) is 3. The van der Waals surface area contributed by atoms with E-state index in [9.17, 15) is 4.79 Å². The average Bonchev–Trinajstić information content (AvgIpc) is 2.48. The molecule has 0 saturated carbocycles. The molecule has 0 fully saturated rings. The van der Waals surface area contributed by atoms with E-state index in [-0.39, 0.29) is 5.56 Å². The molecular formula is C18H24N2O2. The van der Waals surface area contributed by atoms with Crippen LogP contribution in [0.3, 0.4) is 0 Å². The van der Waals surface area contributed by atoms with E-state index in [1.54, 1.807) is 17.9 Å². The molecule has 1 unspecified atom stereocenters. The molecule has 2 aromatic rings. The van der Waals surface area contributed by atoms with Crippen molar-refractivity contribution in [3.05, 3.63) is 69.1 Å². The summed E-state index contributed by atoms with van der Waals surface area (Å²) in [5.74, 6) is 0. The van der Waals surface area contributed by atoms with Gasteiger partial charge in [-0.05, 0) is 37.5 Å². The van der Waals surface area contributed by atoms with E-state index in [0.29, 0.717) is 18.7 Å². The lowest BCUT2D eigenvalue weighted by Crippen LogP contribution is -2.29. The summed E-state index contributed by atoms with van der Waals surface area (Å²) in [6.45, 7) is 5.36. The van der Waals surface area contributed by atoms with Crippen molar-refractivity contribution in [1.82, 2.24) is 4.57 Å². The van der Waals surface area contributed by atoms with Crippen molar-refractivity contribution in [2.24, 2.45) is 5.73 Å². The van der Waals surface area contributed by atoms with Crippen LogP contribution in [0.15, 0.2) is 41.3 Å². The summed E-state index contributed by atoms with van der Waals surface area (Å²) in [7, 11) is 1.66. The molecule has 0 amide bonds. The van der Waals surface area contributed by atoms with E-state index < -0.39 is 6.04 Å². The van der Waals surface area contributed by atoms with E-state index in [1.807, 2.05) is 38.1 Å². The number of aryl methyl sites for hydroxylation is 3. The Balaban J connectivity index is 2.31. The van der Waals surface area contributed by atoms with Crippen LogP contribution < -0.4 is 11.3 Å². The topological polar surface area (TPSA) is 57.2 Å². The molecule has 1 heterocycles. The Morgan fingerprint density at radius 2 is 2.00 bits per heavy atom. The molecule has 22 heavy (non-hydrogen) atoms. The second-order valence-electron chi connectivity index (χ2n) is 5.65. The van der Waals surface area contributed by atoms with Crippen LogP contribution in [0.25, 0.3) is 0 Å². The first-order valence-electron chi connectivity index (χ1n) is 7.55. The van der Waals surface area contributed by atoms with Crippen LogP contribution in [-0.2, 0) is 11.3 Å². The largest absolute Gasteiger partial charge is 0.385 e. The second-order valence-corrected chi connectivity index (χ2v) is 5.65. The molecule has 2 rings (SSSR count). The van der Waals surface area contributed by atoms with Crippen LogP contribution in [0.4, 0.5) is 0 Å². The summed E-state index contributed by atoms with van der Waals surface area (Å²) < 4.78 is 6.74. The molecule has 0 bridgehead atoms. The van der Waals surface area contributed by atoms with Crippen molar-refractivity contribution in [1.29, 1.82) is 0 Å². The van der Waals surface area contributed by atoms with Crippen LogP contribution in [0.1, 0.15) is 34.7 Å². The molecule has 0 aliphatic heterocycles. The molecule has 2 N–H and O–H groups in total. The number of rotatable bonds is 6. The van der Waals surface area contributed by atoms with Gasteiger partial charge in [0, 0.05) is 32.0 Å². The van der Waals surface area contributed by atoms with Gasteiger partial charge in [0.2, 0.25) is 0 Å². The minimum absolute atomic E-state index is 0.0221. The van der Waals surface area contributed by atoms with E-state index in [4.69, 9.17) is 10.5 Å². The fourth-order valence-corrected chi connectivity index (χ4v) is 2.69. The third kappa shape index (κ3) is 3.64. The zero-order valence-electron chi connectivity index (χ0n) is 13.5. The molecule has 0 radical (unpaired) electrons. The van der Waals surface area contributed by atoms with Crippen molar-refractivity contribution in [2.45, 2.75) is 32.9 Å². The number of ether oxygens (including phenoxy) is 1. The molecule has 4 heteroatoms. The molecule has 4 nitrogen and oxygen atoms in total. The number of pyridine rings is 1. The van der Waals surface area contributed by atoms with Gasteiger partial charge in [0.1, 0.15) is 0 Å². The van der Waals surface area contributed by atoms with Crippen LogP contribution in [0.2, 0.25) is 0 Å². The predicted molar refractivity (Wildman–Crippen MR) is 89.1 cm³/mol. The standard InChI is InChI=1S/C18H24N2O2/c1-13-7-8-15(14(2)12-13)17(19)16-6-4-9-20(18(16)21)10-5-11-22-3/h4,6-9,12,17H,5,10-11,19H2,1-3H3. The molecule has 118 valence electrons. The molecule has 0 saturated heterocycles. The average molecular weight is 300 g/mol. The first-order valence-corrected chi connectivity index (χ1v) is 7.55. The molecule has 0 spiro atoms. The quantitative estimate of drug-likeness (QED) is 0.834. The smallest absolute Gasteiger partial charge is 0.255 e. The highest BCUT2D eigenvalue weighted by atomic mass is 16.5. The predicted octanol–water partition coefficient (Wildman–Crippen LogP) is 2.55. The Morgan fingerprint density at radius 3 is 2.68 bits per heavy atom. The second kappa shape index (κ2) is 7.38. The summed E-state index contributed by atoms with van der Waals surface area (Å²) in [4.78, 5) is 12.6. The Morgan fingerprint density at radius 1 is 1.23 bits per heavy atom. The molecule has 0 aliphatic rings. The van der Waals surface area contributed by atoms with Crippen LogP contribution in [-0.4, -0.2) is 18.3 Å². The van der Waals surface area contributed by atoms with Crippen molar-refractivity contribution in [3.8, 4) is 0 Å². The summed E-state index contributed by atoms with van der Waals surface area (Å²) >= 11 is 0. The fourth-order valence-electron chi connectivity index (χ4n) is 2.69. The lowest BCUT2D eigenvalue weighted by molar-refractivity contribution is 0.190. The number of nitrogens with zero attached hydrogens (tertiary/aromatic N) is 1. The SMILES string of the molecule is COCCCn1cccc(C(N)c2ccc(C)cc2C)c1=O. The van der Waals surface area contributed by atoms with E-state index in [2.05, 4.69) is 6.07 Å². The first kappa shape index (κ1) is 16.5. The van der Waals surface area contributed by atoms with Crippen molar-refractivity contribution in [2.75, 3.05) is 13.7 Å². The Hall–Kier alpha value is -1.91. The minimum atomic E-state index is -0.400. The summed E-state index contributed by atoms with van der Waals surface area (Å²) in [5, 5.41) is 0. The van der Waals surface area contributed by atoms with Crippen molar-refractivity contribution < 1.29 is 4.74 Å². The summed E-state index contributed by atoms with van der Waals surface area (Å²) in [6.07, 6.45) is 2.61. The van der Waals surface area contributed by atoms with Crippen molar-refractivity contribution in [3.63, 3.8) is 0 Å². The van der Waals surface area contributed by atoms with E-state index in [0.717, 1.165) is 17.5 Å². The van der Waals surface area contributed by atoms with Gasteiger partial charge in [0.15, 0.2) is 0 Å². The first-order chi connectivity index (χ1) is 10.5. The third-order valence-corrected chi connectivity index (χ3v) is 3.89. The minimum Gasteiger partial charge on any atom is -0.385 e. The maximum absolute atomic E-state index is 12.6. The van der Waals surface area contributed by atoms with E-state index >= 15 is 0 Å². The van der Waals surface area contributed by atoms with Gasteiger partial charge >= 0.3 is 0 Å². The van der Waals surface area contributed by atoms with Gasteiger partial charge in [-0.2, -0.15) is 0 Å². The molecule has 1 aromatic heterocycles. The number of hydrogen-bond donors (Lipinski definition) is 1. The number of aromatic nitrogens is 1. The van der Waals surface area contributed by atoms with Gasteiger partial charge in [0.25, 0.3) is 5.56 Å². The summed E-state index contributed by atoms with van der Waals surface area (Å²) in [5.41, 5.74) is 10.3. The Bertz CT molecular complexity index is 692. The number of nitrogens with two attached hydrogens (primary N) is 1. The molecule has 1 aromatic carbocycles. The Kier molecular flexibility index (Phi) is 5.52. The normalized spacial score (nSPS) is 12.4. The monoisotopic (exact) mass is 300 g/mol. The van der Waals surface area contributed by atoms with Gasteiger partial charge in [-0.25, -0.2) is 0 Å². The highest BCUT2D eigenvalue weighted by molar-refractivity contribution is 5.37. The highest BCUT2D eigenvalue weighted by Crippen LogP contribution is 2.21. The molecular weight excluding hydrogens is 276 g/mol. The molecule has 0 aliphatic carbocycles. The van der Waals surface area contributed by atoms with Gasteiger partial charge in [0.05, 0.1) is 6.04 Å². The lowest BCUT2D eigenvalue weighted by Gasteiger charge is -2.16. The fraction of sp³-hybridized carbons (Fsp3) is 0.389. The van der Waals surface area contributed by atoms with Crippen molar-refractivity contribution >= 4 is 0 Å². The van der Waals surface area contributed by atoms with Crippen LogP contribution in [0.5, 0.6) is 0 Å². The Labute approximate surface area is 131 Å². The third-order valence-electron chi connectivity index (χ3n) is 3.89. The lowest BCUT2D eigenvalue weighted by atomic mass is 9.95. The van der Waals surface area contributed by atoms with Gasteiger partial charge in [-0.15, -0.1) is 0 Å². The summed E-state index contributed by atoms with van der Waals surface area (Å²) in [6, 6.07) is 9.43. The van der Waals surface area contributed by atoms with E-state index in [1.165, 1.54) is 5.56 Å². The maximum Gasteiger partial charge on any atom is 0.255 e. The van der Waals surface area contributed by atoms with Crippen LogP contribution >= 0.6 is 0 Å². The zero-order valence-corrected chi connectivity index (χ0v) is 13.5. The van der Waals surface area contributed by atoms with Gasteiger partial charge < -0.3 is 15.0 Å². The maximum atomic E-state index is 12.6. The zero-order chi connectivity index (χ0) is 16.1. The van der Waals surface area contributed by atoms with Gasteiger partial charge in [-0.1, -0.05) is 29.8 Å². The van der Waals surface area contributed by atoms with Gasteiger partial charge in [-0.3, -0.25) is 4.79 Å². The highest BCUT2D eigenvalue weighted by Gasteiger charge is 2.15. The number of methoxy groups -OCH3 is 1. The molecule has 1 atom stereocenters. The van der Waals surface area contributed by atoms with Crippen LogP contribution in [0, 0.1) is 13.8 Å². The number of benzene rings is 1.